The SMILES string of the molecule is Cc1ccc(C(N)C(C)O)c(C)c1C. The van der Waals surface area contributed by atoms with E-state index in [1.54, 1.807) is 6.92 Å². The molecule has 0 spiro atoms. The zero-order chi connectivity index (χ0) is 10.9. The van der Waals surface area contributed by atoms with E-state index < -0.39 is 6.10 Å². The molecule has 1 rings (SSSR count). The summed E-state index contributed by atoms with van der Waals surface area (Å²) in [6.45, 7) is 7.95. The lowest BCUT2D eigenvalue weighted by Crippen LogP contribution is -2.24. The summed E-state index contributed by atoms with van der Waals surface area (Å²) in [4.78, 5) is 0. The van der Waals surface area contributed by atoms with Crippen molar-refractivity contribution < 1.29 is 5.11 Å². The lowest BCUT2D eigenvalue weighted by molar-refractivity contribution is 0.164. The largest absolute Gasteiger partial charge is 0.391 e. The Labute approximate surface area is 85.8 Å². The van der Waals surface area contributed by atoms with Crippen LogP contribution in [-0.2, 0) is 0 Å². The van der Waals surface area contributed by atoms with Gasteiger partial charge in [0.1, 0.15) is 0 Å². The minimum absolute atomic E-state index is 0.283. The highest BCUT2D eigenvalue weighted by Gasteiger charge is 2.15. The van der Waals surface area contributed by atoms with E-state index in [1.165, 1.54) is 16.7 Å². The van der Waals surface area contributed by atoms with Crippen LogP contribution >= 0.6 is 0 Å². The predicted molar refractivity (Wildman–Crippen MR) is 59.3 cm³/mol. The van der Waals surface area contributed by atoms with Gasteiger partial charge in [-0.05, 0) is 49.9 Å². The van der Waals surface area contributed by atoms with Crippen molar-refractivity contribution >= 4 is 0 Å². The maximum absolute atomic E-state index is 9.43. The number of aliphatic hydroxyl groups is 1. The molecule has 0 aliphatic carbocycles. The quantitative estimate of drug-likeness (QED) is 0.754. The van der Waals surface area contributed by atoms with Gasteiger partial charge >= 0.3 is 0 Å². The van der Waals surface area contributed by atoms with Crippen LogP contribution in [0, 0.1) is 20.8 Å². The second-order valence-corrected chi connectivity index (χ2v) is 3.99. The molecule has 0 aromatic heterocycles. The highest BCUT2D eigenvalue weighted by Crippen LogP contribution is 2.23. The molecule has 14 heavy (non-hydrogen) atoms. The highest BCUT2D eigenvalue weighted by molar-refractivity contribution is 5.40. The van der Waals surface area contributed by atoms with Crippen LogP contribution in [0.15, 0.2) is 12.1 Å². The van der Waals surface area contributed by atoms with Gasteiger partial charge in [0.05, 0.1) is 12.1 Å². The van der Waals surface area contributed by atoms with E-state index in [0.29, 0.717) is 0 Å². The minimum atomic E-state index is -0.504. The van der Waals surface area contributed by atoms with Gasteiger partial charge in [-0.1, -0.05) is 12.1 Å². The van der Waals surface area contributed by atoms with Crippen LogP contribution in [-0.4, -0.2) is 11.2 Å². The standard InChI is InChI=1S/C12H19NO/c1-7-5-6-11(9(3)8(7)2)12(13)10(4)14/h5-6,10,12,14H,13H2,1-4H3. The van der Waals surface area contributed by atoms with Crippen molar-refractivity contribution in [2.75, 3.05) is 0 Å². The molecule has 0 fully saturated rings. The molecule has 0 aliphatic rings. The minimum Gasteiger partial charge on any atom is -0.391 e. The van der Waals surface area contributed by atoms with Crippen LogP contribution in [0.25, 0.3) is 0 Å². The molecular weight excluding hydrogens is 174 g/mol. The first-order valence-electron chi connectivity index (χ1n) is 4.95. The highest BCUT2D eigenvalue weighted by atomic mass is 16.3. The number of aliphatic hydroxyl groups excluding tert-OH is 1. The first-order valence-corrected chi connectivity index (χ1v) is 4.95. The summed E-state index contributed by atoms with van der Waals surface area (Å²) >= 11 is 0. The Morgan fingerprint density at radius 3 is 2.21 bits per heavy atom. The molecule has 0 aliphatic heterocycles. The molecule has 1 aromatic carbocycles. The Morgan fingerprint density at radius 1 is 1.14 bits per heavy atom. The number of hydrogen-bond donors (Lipinski definition) is 2. The monoisotopic (exact) mass is 193 g/mol. The third-order valence-electron chi connectivity index (χ3n) is 2.98. The average molecular weight is 193 g/mol. The number of rotatable bonds is 2. The lowest BCUT2D eigenvalue weighted by Gasteiger charge is -2.19. The van der Waals surface area contributed by atoms with Crippen molar-refractivity contribution in [3.05, 3.63) is 34.4 Å². The molecule has 3 N–H and O–H groups in total. The van der Waals surface area contributed by atoms with Crippen LogP contribution in [0.1, 0.15) is 35.2 Å². The molecule has 2 heteroatoms. The third kappa shape index (κ3) is 1.97. The van der Waals surface area contributed by atoms with Crippen molar-refractivity contribution in [3.63, 3.8) is 0 Å². The molecular formula is C12H19NO. The summed E-state index contributed by atoms with van der Waals surface area (Å²) in [6, 6.07) is 3.78. The Morgan fingerprint density at radius 2 is 1.71 bits per heavy atom. The van der Waals surface area contributed by atoms with Gasteiger partial charge in [0, 0.05) is 0 Å². The van der Waals surface area contributed by atoms with Gasteiger partial charge < -0.3 is 10.8 Å². The van der Waals surface area contributed by atoms with Gasteiger partial charge in [-0.15, -0.1) is 0 Å². The summed E-state index contributed by atoms with van der Waals surface area (Å²) in [5.41, 5.74) is 10.7. The first-order chi connectivity index (χ1) is 6.45. The van der Waals surface area contributed by atoms with Crippen molar-refractivity contribution in [1.82, 2.24) is 0 Å². The van der Waals surface area contributed by atoms with E-state index in [0.717, 1.165) is 5.56 Å². The zero-order valence-electron chi connectivity index (χ0n) is 9.33. The topological polar surface area (TPSA) is 46.2 Å². The smallest absolute Gasteiger partial charge is 0.0704 e. The molecule has 0 bridgehead atoms. The summed E-state index contributed by atoms with van der Waals surface area (Å²) in [7, 11) is 0. The molecule has 0 saturated heterocycles. The summed E-state index contributed by atoms with van der Waals surface area (Å²) in [5, 5.41) is 9.43. The fourth-order valence-electron chi connectivity index (χ4n) is 1.60. The van der Waals surface area contributed by atoms with E-state index in [-0.39, 0.29) is 6.04 Å². The number of benzene rings is 1. The normalized spacial score (nSPS) is 15.3. The van der Waals surface area contributed by atoms with Gasteiger partial charge in [-0.2, -0.15) is 0 Å². The molecule has 1 aromatic rings. The van der Waals surface area contributed by atoms with Crippen LogP contribution in [0.4, 0.5) is 0 Å². The van der Waals surface area contributed by atoms with E-state index in [2.05, 4.69) is 26.8 Å². The van der Waals surface area contributed by atoms with Crippen LogP contribution in [0.3, 0.4) is 0 Å². The number of nitrogens with two attached hydrogens (primary N) is 1. The molecule has 0 radical (unpaired) electrons. The second kappa shape index (κ2) is 4.11. The Kier molecular flexibility index (Phi) is 3.29. The van der Waals surface area contributed by atoms with Crippen molar-refractivity contribution in [2.45, 2.75) is 39.8 Å². The zero-order valence-corrected chi connectivity index (χ0v) is 9.33. The predicted octanol–water partition coefficient (Wildman–Crippen LogP) is 1.99. The molecule has 78 valence electrons. The number of hydrogen-bond acceptors (Lipinski definition) is 2. The molecule has 2 unspecified atom stereocenters. The molecule has 0 amide bonds. The maximum atomic E-state index is 9.43. The van der Waals surface area contributed by atoms with Crippen molar-refractivity contribution in [2.24, 2.45) is 5.73 Å². The first kappa shape index (κ1) is 11.2. The van der Waals surface area contributed by atoms with Gasteiger partial charge in [0.2, 0.25) is 0 Å². The fraction of sp³-hybridized carbons (Fsp3) is 0.500. The van der Waals surface area contributed by atoms with Gasteiger partial charge in [-0.3, -0.25) is 0 Å². The lowest BCUT2D eigenvalue weighted by atomic mass is 9.93. The van der Waals surface area contributed by atoms with Crippen LogP contribution in [0.5, 0.6) is 0 Å². The fourth-order valence-corrected chi connectivity index (χ4v) is 1.60. The molecule has 0 heterocycles. The molecule has 2 atom stereocenters. The Hall–Kier alpha value is -0.860. The summed E-state index contributed by atoms with van der Waals surface area (Å²) < 4.78 is 0. The van der Waals surface area contributed by atoms with Gasteiger partial charge in [0.25, 0.3) is 0 Å². The summed E-state index contributed by atoms with van der Waals surface area (Å²) in [5.74, 6) is 0. The van der Waals surface area contributed by atoms with E-state index in [1.807, 2.05) is 6.07 Å². The van der Waals surface area contributed by atoms with Crippen LogP contribution < -0.4 is 5.73 Å². The van der Waals surface area contributed by atoms with E-state index in [4.69, 9.17) is 5.73 Å². The molecule has 0 saturated carbocycles. The van der Waals surface area contributed by atoms with E-state index in [9.17, 15) is 5.11 Å². The Balaban J connectivity index is 3.17. The second-order valence-electron chi connectivity index (χ2n) is 3.99. The van der Waals surface area contributed by atoms with Crippen molar-refractivity contribution in [3.8, 4) is 0 Å². The Bertz CT molecular complexity index is 331. The van der Waals surface area contributed by atoms with Crippen molar-refractivity contribution in [1.29, 1.82) is 0 Å². The average Bonchev–Trinajstić information content (AvgIpc) is 2.13. The maximum Gasteiger partial charge on any atom is 0.0704 e. The van der Waals surface area contributed by atoms with Crippen LogP contribution in [0.2, 0.25) is 0 Å². The number of aryl methyl sites for hydroxylation is 1. The van der Waals surface area contributed by atoms with Gasteiger partial charge in [0.15, 0.2) is 0 Å². The summed E-state index contributed by atoms with van der Waals surface area (Å²) in [6.07, 6.45) is -0.504. The third-order valence-corrected chi connectivity index (χ3v) is 2.98. The van der Waals surface area contributed by atoms with Gasteiger partial charge in [-0.25, -0.2) is 0 Å². The van der Waals surface area contributed by atoms with E-state index >= 15 is 0 Å². The molecule has 2 nitrogen and oxygen atoms in total.